The third-order valence-corrected chi connectivity index (χ3v) is 3.87. The first kappa shape index (κ1) is 17.4. The molecule has 0 spiro atoms. The fourth-order valence-corrected chi connectivity index (χ4v) is 2.52. The maximum atomic E-state index is 13.0. The highest BCUT2D eigenvalue weighted by atomic mass is 35.5. The molecule has 0 aliphatic carbocycles. The van der Waals surface area contributed by atoms with Crippen molar-refractivity contribution in [2.24, 2.45) is 0 Å². The lowest BCUT2D eigenvalue weighted by Gasteiger charge is -2.17. The van der Waals surface area contributed by atoms with Gasteiger partial charge < -0.3 is 10.0 Å². The van der Waals surface area contributed by atoms with Gasteiger partial charge in [0.1, 0.15) is 11.0 Å². The molecule has 1 aromatic carbocycles. The van der Waals surface area contributed by atoms with Gasteiger partial charge in [0.2, 0.25) is 0 Å². The molecule has 0 aliphatic rings. The van der Waals surface area contributed by atoms with Crippen molar-refractivity contribution >= 4 is 17.5 Å². The molecule has 124 valence electrons. The first-order chi connectivity index (χ1) is 10.8. The van der Waals surface area contributed by atoms with E-state index < -0.39 is 6.10 Å². The lowest BCUT2D eigenvalue weighted by molar-refractivity contribution is 0.0768. The first-order valence-corrected chi connectivity index (χ1v) is 7.63. The van der Waals surface area contributed by atoms with Crippen LogP contribution in [0.1, 0.15) is 29.4 Å². The zero-order valence-electron chi connectivity index (χ0n) is 13.3. The zero-order valence-corrected chi connectivity index (χ0v) is 14.0. The average molecular weight is 340 g/mol. The summed E-state index contributed by atoms with van der Waals surface area (Å²) < 4.78 is 14.4. The van der Waals surface area contributed by atoms with Gasteiger partial charge in [-0.05, 0) is 44.5 Å². The summed E-state index contributed by atoms with van der Waals surface area (Å²) in [5, 5.41) is 13.8. The Hall–Kier alpha value is -1.92. The molecule has 2 aromatic rings. The molecule has 5 nitrogen and oxygen atoms in total. The fourth-order valence-electron chi connectivity index (χ4n) is 2.17. The van der Waals surface area contributed by atoms with E-state index in [1.165, 1.54) is 21.7 Å². The summed E-state index contributed by atoms with van der Waals surface area (Å²) in [5.41, 5.74) is 1.38. The number of hydrogen-bond donors (Lipinski definition) is 1. The molecule has 0 aliphatic heterocycles. The quantitative estimate of drug-likeness (QED) is 0.911. The monoisotopic (exact) mass is 339 g/mol. The Bertz CT molecular complexity index is 698. The number of hydrogen-bond acceptors (Lipinski definition) is 3. The number of halogens is 2. The summed E-state index contributed by atoms with van der Waals surface area (Å²) in [4.78, 5) is 14.0. The van der Waals surface area contributed by atoms with Gasteiger partial charge in [0.25, 0.3) is 5.91 Å². The third-order valence-electron chi connectivity index (χ3n) is 3.52. The summed E-state index contributed by atoms with van der Waals surface area (Å²) in [6.45, 7) is 3.78. The summed E-state index contributed by atoms with van der Waals surface area (Å²) in [5.74, 6) is -0.621. The average Bonchev–Trinajstić information content (AvgIpc) is 2.79. The highest BCUT2D eigenvalue weighted by Gasteiger charge is 2.23. The van der Waals surface area contributed by atoms with Crippen LogP contribution >= 0.6 is 11.6 Å². The highest BCUT2D eigenvalue weighted by molar-refractivity contribution is 6.33. The lowest BCUT2D eigenvalue weighted by Crippen LogP contribution is -2.29. The Morgan fingerprint density at radius 2 is 2.04 bits per heavy atom. The van der Waals surface area contributed by atoms with Crippen LogP contribution in [0.25, 0.3) is 5.69 Å². The number of aliphatic hydroxyl groups excluding tert-OH is 1. The van der Waals surface area contributed by atoms with E-state index in [0.717, 1.165) is 0 Å². The van der Waals surface area contributed by atoms with Crippen molar-refractivity contribution < 1.29 is 14.3 Å². The van der Waals surface area contributed by atoms with Crippen LogP contribution in [0.5, 0.6) is 0 Å². The molecule has 0 saturated heterocycles. The van der Waals surface area contributed by atoms with Crippen molar-refractivity contribution in [3.8, 4) is 5.69 Å². The molecule has 23 heavy (non-hydrogen) atoms. The molecular formula is C16H19ClFN3O2. The molecule has 1 atom stereocenters. The number of benzene rings is 1. The van der Waals surface area contributed by atoms with E-state index in [4.69, 9.17) is 11.6 Å². The number of amides is 1. The Morgan fingerprint density at radius 1 is 1.43 bits per heavy atom. The van der Waals surface area contributed by atoms with Gasteiger partial charge in [-0.3, -0.25) is 4.79 Å². The van der Waals surface area contributed by atoms with Crippen LogP contribution in [0.2, 0.25) is 5.15 Å². The Balaban J connectivity index is 2.30. The number of carbonyl (C=O) groups is 1. The predicted octanol–water partition coefficient (Wildman–Crippen LogP) is 2.82. The van der Waals surface area contributed by atoms with Crippen molar-refractivity contribution in [2.75, 3.05) is 13.6 Å². The summed E-state index contributed by atoms with van der Waals surface area (Å²) in [6.07, 6.45) is -0.00544. The summed E-state index contributed by atoms with van der Waals surface area (Å²) >= 11 is 6.32. The largest absolute Gasteiger partial charge is 0.393 e. The van der Waals surface area contributed by atoms with Gasteiger partial charge in [-0.2, -0.15) is 5.10 Å². The van der Waals surface area contributed by atoms with Gasteiger partial charge in [-0.1, -0.05) is 11.6 Å². The number of aromatic nitrogens is 2. The second-order valence-electron chi connectivity index (χ2n) is 5.50. The van der Waals surface area contributed by atoms with Crippen LogP contribution in [-0.2, 0) is 0 Å². The van der Waals surface area contributed by atoms with Crippen LogP contribution in [0.4, 0.5) is 4.39 Å². The van der Waals surface area contributed by atoms with Gasteiger partial charge in [0.05, 0.1) is 23.0 Å². The van der Waals surface area contributed by atoms with Gasteiger partial charge in [0.15, 0.2) is 0 Å². The number of rotatable bonds is 5. The predicted molar refractivity (Wildman–Crippen MR) is 86.5 cm³/mol. The van der Waals surface area contributed by atoms with Crippen molar-refractivity contribution in [1.29, 1.82) is 0 Å². The minimum atomic E-state index is -0.483. The minimum Gasteiger partial charge on any atom is -0.393 e. The van der Waals surface area contributed by atoms with Crippen molar-refractivity contribution in [1.82, 2.24) is 14.7 Å². The van der Waals surface area contributed by atoms with Gasteiger partial charge in [-0.15, -0.1) is 0 Å². The summed E-state index contributed by atoms with van der Waals surface area (Å²) in [7, 11) is 1.65. The topological polar surface area (TPSA) is 58.4 Å². The van der Waals surface area contributed by atoms with Crippen LogP contribution in [0, 0.1) is 12.7 Å². The van der Waals surface area contributed by atoms with Gasteiger partial charge in [-0.25, -0.2) is 9.07 Å². The third kappa shape index (κ3) is 3.89. The van der Waals surface area contributed by atoms with E-state index in [1.807, 2.05) is 0 Å². The van der Waals surface area contributed by atoms with Crippen molar-refractivity contribution in [2.45, 2.75) is 26.4 Å². The number of nitrogens with zero attached hydrogens (tertiary/aromatic N) is 3. The number of aliphatic hydroxyl groups is 1. The van der Waals surface area contributed by atoms with E-state index in [2.05, 4.69) is 5.10 Å². The molecule has 2 rings (SSSR count). The molecular weight excluding hydrogens is 321 g/mol. The molecule has 7 heteroatoms. The SMILES string of the molecule is Cc1nn(-c2ccc(F)cc2)c(Cl)c1C(=O)N(C)CCC(C)O. The Labute approximate surface area is 139 Å². The smallest absolute Gasteiger partial charge is 0.258 e. The fraction of sp³-hybridized carbons (Fsp3) is 0.375. The molecule has 1 heterocycles. The number of aryl methyl sites for hydroxylation is 1. The van der Waals surface area contributed by atoms with Crippen LogP contribution in [-0.4, -0.2) is 45.4 Å². The van der Waals surface area contributed by atoms with Crippen LogP contribution in [0.3, 0.4) is 0 Å². The van der Waals surface area contributed by atoms with E-state index in [9.17, 15) is 14.3 Å². The molecule has 0 radical (unpaired) electrons. The van der Waals surface area contributed by atoms with E-state index in [-0.39, 0.29) is 16.9 Å². The van der Waals surface area contributed by atoms with Crippen molar-refractivity contribution in [3.05, 3.63) is 46.5 Å². The highest BCUT2D eigenvalue weighted by Crippen LogP contribution is 2.25. The van der Waals surface area contributed by atoms with E-state index in [1.54, 1.807) is 33.0 Å². The van der Waals surface area contributed by atoms with Crippen LogP contribution < -0.4 is 0 Å². The minimum absolute atomic E-state index is 0.183. The molecule has 0 bridgehead atoms. The van der Waals surface area contributed by atoms with Crippen molar-refractivity contribution in [3.63, 3.8) is 0 Å². The Morgan fingerprint density at radius 3 is 2.61 bits per heavy atom. The summed E-state index contributed by atoms with van der Waals surface area (Å²) in [6, 6.07) is 5.69. The first-order valence-electron chi connectivity index (χ1n) is 7.26. The molecule has 1 N–H and O–H groups in total. The molecule has 1 amide bonds. The number of carbonyl (C=O) groups excluding carboxylic acids is 1. The Kier molecular flexibility index (Phi) is 5.38. The van der Waals surface area contributed by atoms with Gasteiger partial charge >= 0.3 is 0 Å². The zero-order chi connectivity index (χ0) is 17.1. The van der Waals surface area contributed by atoms with Crippen LogP contribution in [0.15, 0.2) is 24.3 Å². The van der Waals surface area contributed by atoms with E-state index in [0.29, 0.717) is 29.9 Å². The standard InChI is InChI=1S/C16H19ClFN3O2/c1-10(22)8-9-20(3)16(23)14-11(2)19-21(15(14)17)13-6-4-12(18)5-7-13/h4-7,10,22H,8-9H2,1-3H3. The molecule has 0 saturated carbocycles. The maximum Gasteiger partial charge on any atom is 0.258 e. The van der Waals surface area contributed by atoms with Gasteiger partial charge in [0, 0.05) is 13.6 Å². The molecule has 1 unspecified atom stereocenters. The second kappa shape index (κ2) is 7.10. The lowest BCUT2D eigenvalue weighted by atomic mass is 10.2. The second-order valence-corrected chi connectivity index (χ2v) is 5.86. The molecule has 0 fully saturated rings. The maximum absolute atomic E-state index is 13.0. The normalized spacial score (nSPS) is 12.3. The van der Waals surface area contributed by atoms with E-state index >= 15 is 0 Å². The molecule has 1 aromatic heterocycles.